The van der Waals surface area contributed by atoms with Crippen molar-refractivity contribution in [3.8, 4) is 6.07 Å². The Hall–Kier alpha value is -4.17. The Labute approximate surface area is 180 Å². The van der Waals surface area contributed by atoms with E-state index in [-0.39, 0.29) is 6.04 Å². The van der Waals surface area contributed by atoms with Gasteiger partial charge in [-0.1, -0.05) is 60.7 Å². The first kappa shape index (κ1) is 20.1. The molecule has 2 heterocycles. The number of carbonyl (C=O) groups excluding carboxylic acids is 1. The number of carboxylic acid groups (broad SMARTS) is 1. The number of carboxylic acids is 1. The first-order chi connectivity index (χ1) is 15.0. The predicted molar refractivity (Wildman–Crippen MR) is 118 cm³/mol. The molecule has 4 aromatic rings. The molecule has 0 spiro atoms. The summed E-state index contributed by atoms with van der Waals surface area (Å²) in [4.78, 5) is 16.0. The average Bonchev–Trinajstić information content (AvgIpc) is 3.07. The molecule has 2 aromatic heterocycles. The van der Waals surface area contributed by atoms with E-state index in [2.05, 4.69) is 6.07 Å². The molecular formula is C26H20N3O2-. The Morgan fingerprint density at radius 1 is 1.06 bits per heavy atom. The van der Waals surface area contributed by atoms with Crippen molar-refractivity contribution in [2.45, 2.75) is 19.9 Å². The van der Waals surface area contributed by atoms with E-state index in [1.165, 1.54) is 6.08 Å². The summed E-state index contributed by atoms with van der Waals surface area (Å²) in [6.07, 6.45) is 2.39. The number of rotatable bonds is 5. The van der Waals surface area contributed by atoms with Crippen molar-refractivity contribution in [2.24, 2.45) is 0 Å². The number of nitriles is 1. The lowest BCUT2D eigenvalue weighted by Crippen LogP contribution is -2.19. The third-order valence-corrected chi connectivity index (χ3v) is 5.30. The normalized spacial score (nSPS) is 11.3. The van der Waals surface area contributed by atoms with Crippen LogP contribution in [0.4, 0.5) is 0 Å². The van der Waals surface area contributed by atoms with E-state index in [1.807, 2.05) is 85.1 Å². The summed E-state index contributed by atoms with van der Waals surface area (Å²) in [5.41, 5.74) is 5.27. The molecule has 0 bridgehead atoms. The molecule has 5 nitrogen and oxygen atoms in total. The number of hydrogen-bond donors (Lipinski definition) is 0. The molecule has 0 radical (unpaired) electrons. The van der Waals surface area contributed by atoms with Gasteiger partial charge in [-0.25, -0.2) is 4.98 Å². The van der Waals surface area contributed by atoms with E-state index in [0.29, 0.717) is 16.9 Å². The maximum absolute atomic E-state index is 11.2. The van der Waals surface area contributed by atoms with Gasteiger partial charge in [-0.15, -0.1) is 0 Å². The van der Waals surface area contributed by atoms with Gasteiger partial charge in [-0.2, -0.15) is 5.26 Å². The summed E-state index contributed by atoms with van der Waals surface area (Å²) >= 11 is 0. The molecule has 0 aliphatic rings. The van der Waals surface area contributed by atoms with Crippen molar-refractivity contribution in [2.75, 3.05) is 0 Å². The molecule has 0 amide bonds. The van der Waals surface area contributed by atoms with E-state index in [1.54, 1.807) is 0 Å². The molecule has 152 valence electrons. The fraction of sp³-hybridized carbons (Fsp3) is 0.115. The molecule has 0 N–H and O–H groups in total. The van der Waals surface area contributed by atoms with E-state index in [4.69, 9.17) is 4.98 Å². The van der Waals surface area contributed by atoms with Crippen LogP contribution in [0.1, 0.15) is 39.7 Å². The lowest BCUT2D eigenvalue weighted by Gasteiger charge is -2.23. The van der Waals surface area contributed by atoms with Crippen molar-refractivity contribution in [1.82, 2.24) is 9.55 Å². The van der Waals surface area contributed by atoms with Crippen molar-refractivity contribution in [3.05, 3.63) is 106 Å². The second kappa shape index (κ2) is 8.29. The first-order valence-electron chi connectivity index (χ1n) is 9.92. The second-order valence-electron chi connectivity index (χ2n) is 7.40. The van der Waals surface area contributed by atoms with Crippen LogP contribution >= 0.6 is 0 Å². The number of fused-ring (bicyclic) bond motifs is 1. The summed E-state index contributed by atoms with van der Waals surface area (Å²) in [6.45, 7) is 3.85. The Morgan fingerprint density at radius 2 is 1.65 bits per heavy atom. The highest BCUT2D eigenvalue weighted by Crippen LogP contribution is 2.37. The van der Waals surface area contributed by atoms with Gasteiger partial charge in [0.25, 0.3) is 0 Å². The molecule has 0 saturated carbocycles. The van der Waals surface area contributed by atoms with Crippen LogP contribution in [0.25, 0.3) is 17.1 Å². The lowest BCUT2D eigenvalue weighted by molar-refractivity contribution is -0.297. The van der Waals surface area contributed by atoms with Gasteiger partial charge in [0.2, 0.25) is 0 Å². The smallest absolute Gasteiger partial charge is 0.143 e. The van der Waals surface area contributed by atoms with Gasteiger partial charge in [0.15, 0.2) is 0 Å². The topological polar surface area (TPSA) is 81.7 Å². The van der Waals surface area contributed by atoms with Gasteiger partial charge in [-0.3, -0.25) is 0 Å². The molecular weight excluding hydrogens is 386 g/mol. The predicted octanol–water partition coefficient (Wildman–Crippen LogP) is 3.93. The zero-order chi connectivity index (χ0) is 22.0. The Kier molecular flexibility index (Phi) is 5.38. The largest absolute Gasteiger partial charge is 0.545 e. The highest BCUT2D eigenvalue weighted by atomic mass is 16.4. The minimum absolute atomic E-state index is 0.304. The van der Waals surface area contributed by atoms with Crippen LogP contribution in [0.2, 0.25) is 0 Å². The van der Waals surface area contributed by atoms with Crippen LogP contribution in [0.15, 0.2) is 72.8 Å². The monoisotopic (exact) mass is 406 g/mol. The van der Waals surface area contributed by atoms with Gasteiger partial charge in [-0.05, 0) is 48.8 Å². The molecule has 0 saturated heterocycles. The minimum Gasteiger partial charge on any atom is -0.545 e. The molecule has 0 atom stereocenters. The maximum Gasteiger partial charge on any atom is 0.143 e. The molecule has 0 unspecified atom stereocenters. The highest BCUT2D eigenvalue weighted by Gasteiger charge is 2.26. The van der Waals surface area contributed by atoms with Crippen LogP contribution in [0.3, 0.4) is 0 Å². The van der Waals surface area contributed by atoms with Gasteiger partial charge < -0.3 is 14.5 Å². The molecule has 0 fully saturated rings. The Balaban J connectivity index is 2.17. The summed E-state index contributed by atoms with van der Waals surface area (Å²) in [7, 11) is 0. The summed E-state index contributed by atoms with van der Waals surface area (Å²) in [5.74, 6) is -1.32. The molecule has 0 aliphatic carbocycles. The molecule has 4 rings (SSSR count). The van der Waals surface area contributed by atoms with Crippen molar-refractivity contribution in [3.63, 3.8) is 0 Å². The van der Waals surface area contributed by atoms with E-state index in [9.17, 15) is 15.2 Å². The zero-order valence-electron chi connectivity index (χ0n) is 17.2. The summed E-state index contributed by atoms with van der Waals surface area (Å²) in [6, 6.07) is 23.7. The standard InChI is InChI=1S/C26H21N3O2/c1-17-15-18(2)28-26-24(17)21(16-27)22(13-14-23(30)31)29(26)25(19-9-5-3-6-10-19)20-11-7-4-8-12-20/h3-15,25H,1-2H3,(H,30,31)/p-1/b14-13+. The number of carbonyl (C=O) groups is 1. The van der Waals surface area contributed by atoms with E-state index in [0.717, 1.165) is 33.8 Å². The SMILES string of the molecule is Cc1cc(C)c2c(C#N)c(/C=C/C(=O)[O-])n(C(c3ccccc3)c3ccccc3)c2n1. The number of pyridine rings is 1. The van der Waals surface area contributed by atoms with Gasteiger partial charge in [0.05, 0.1) is 23.3 Å². The first-order valence-corrected chi connectivity index (χ1v) is 9.92. The molecule has 2 aromatic carbocycles. The van der Waals surface area contributed by atoms with E-state index < -0.39 is 5.97 Å². The van der Waals surface area contributed by atoms with Crippen molar-refractivity contribution < 1.29 is 9.90 Å². The zero-order valence-corrected chi connectivity index (χ0v) is 17.2. The van der Waals surface area contributed by atoms with Crippen molar-refractivity contribution in [1.29, 1.82) is 5.26 Å². The quantitative estimate of drug-likeness (QED) is 0.470. The number of benzene rings is 2. The number of hydrogen-bond acceptors (Lipinski definition) is 4. The van der Waals surface area contributed by atoms with Gasteiger partial charge >= 0.3 is 0 Å². The maximum atomic E-state index is 11.2. The number of aromatic nitrogens is 2. The number of aliphatic carboxylic acids is 1. The molecule has 0 aliphatic heterocycles. The third-order valence-electron chi connectivity index (χ3n) is 5.30. The number of aryl methyl sites for hydroxylation is 2. The minimum atomic E-state index is -1.32. The lowest BCUT2D eigenvalue weighted by atomic mass is 9.98. The van der Waals surface area contributed by atoms with Crippen LogP contribution in [-0.4, -0.2) is 15.5 Å². The Bertz CT molecular complexity index is 1290. The molecule has 31 heavy (non-hydrogen) atoms. The van der Waals surface area contributed by atoms with Gasteiger partial charge in [0, 0.05) is 11.1 Å². The number of nitrogens with zero attached hydrogens (tertiary/aromatic N) is 3. The highest BCUT2D eigenvalue weighted by molar-refractivity contribution is 5.93. The fourth-order valence-corrected chi connectivity index (χ4v) is 4.11. The van der Waals surface area contributed by atoms with Crippen molar-refractivity contribution >= 4 is 23.1 Å². The fourth-order valence-electron chi connectivity index (χ4n) is 4.11. The molecule has 5 heteroatoms. The Morgan fingerprint density at radius 3 is 2.16 bits per heavy atom. The van der Waals surface area contributed by atoms with Crippen LogP contribution in [-0.2, 0) is 4.79 Å². The third kappa shape index (κ3) is 3.72. The summed E-state index contributed by atoms with van der Waals surface area (Å²) < 4.78 is 1.96. The second-order valence-corrected chi connectivity index (χ2v) is 7.40. The van der Waals surface area contributed by atoms with Crippen LogP contribution in [0.5, 0.6) is 0 Å². The van der Waals surface area contributed by atoms with Crippen LogP contribution < -0.4 is 5.11 Å². The summed E-state index contributed by atoms with van der Waals surface area (Å²) in [5, 5.41) is 22.0. The van der Waals surface area contributed by atoms with Crippen LogP contribution in [0, 0.1) is 25.2 Å². The average molecular weight is 406 g/mol. The van der Waals surface area contributed by atoms with E-state index >= 15 is 0 Å². The van der Waals surface area contributed by atoms with Gasteiger partial charge in [0.1, 0.15) is 11.7 Å².